The van der Waals surface area contributed by atoms with Gasteiger partial charge in [0.2, 0.25) is 10.0 Å². The molecule has 0 aliphatic heterocycles. The molecule has 0 saturated carbocycles. The largest absolute Gasteiger partial charge is 0.478 e. The second kappa shape index (κ2) is 4.06. The molecule has 3 rings (SSSR count). The van der Waals surface area contributed by atoms with Crippen LogP contribution >= 0.6 is 0 Å². The van der Waals surface area contributed by atoms with E-state index in [-0.39, 0.29) is 10.5 Å². The van der Waals surface area contributed by atoms with Crippen molar-refractivity contribution in [2.45, 2.75) is 4.90 Å². The summed E-state index contributed by atoms with van der Waals surface area (Å²) in [5.74, 6) is -1.06. The molecule has 20 heavy (non-hydrogen) atoms. The molecule has 6 nitrogen and oxygen atoms in total. The first-order valence-corrected chi connectivity index (χ1v) is 7.23. The number of aromatic carboxylic acids is 1. The lowest BCUT2D eigenvalue weighted by molar-refractivity contribution is 0.0701. The summed E-state index contributed by atoms with van der Waals surface area (Å²) in [6.07, 6.45) is 1.68. The lowest BCUT2D eigenvalue weighted by Gasteiger charge is -1.99. The molecule has 3 N–H and O–H groups in total. The molecule has 0 radical (unpaired) electrons. The summed E-state index contributed by atoms with van der Waals surface area (Å²) in [5.41, 5.74) is 1.13. The number of carboxylic acid groups (broad SMARTS) is 1. The Labute approximate surface area is 114 Å². The lowest BCUT2D eigenvalue weighted by atomic mass is 10.1. The number of primary sulfonamides is 1. The third kappa shape index (κ3) is 1.75. The molecule has 3 aromatic rings. The smallest absolute Gasteiger partial charge is 0.338 e. The molecule has 0 bridgehead atoms. The van der Waals surface area contributed by atoms with Gasteiger partial charge in [-0.25, -0.2) is 18.4 Å². The van der Waals surface area contributed by atoms with Crippen LogP contribution in [0, 0.1) is 0 Å². The Kier molecular flexibility index (Phi) is 2.56. The molecule has 102 valence electrons. The van der Waals surface area contributed by atoms with Gasteiger partial charge in [-0.1, -0.05) is 12.1 Å². The molecule has 0 spiro atoms. The van der Waals surface area contributed by atoms with Crippen LogP contribution < -0.4 is 5.14 Å². The van der Waals surface area contributed by atoms with Gasteiger partial charge in [-0.05, 0) is 24.3 Å². The van der Waals surface area contributed by atoms with Gasteiger partial charge in [0.05, 0.1) is 21.5 Å². The van der Waals surface area contributed by atoms with E-state index in [1.807, 2.05) is 0 Å². The van der Waals surface area contributed by atoms with E-state index in [2.05, 4.69) is 0 Å². The Bertz CT molecular complexity index is 957. The molecule has 0 saturated heterocycles. The van der Waals surface area contributed by atoms with Crippen LogP contribution in [0.15, 0.2) is 47.5 Å². The monoisotopic (exact) mass is 290 g/mol. The first-order valence-electron chi connectivity index (χ1n) is 5.68. The van der Waals surface area contributed by atoms with Crippen molar-refractivity contribution in [2.75, 3.05) is 0 Å². The summed E-state index contributed by atoms with van der Waals surface area (Å²) in [4.78, 5) is 11.4. The van der Waals surface area contributed by atoms with E-state index < -0.39 is 16.0 Å². The van der Waals surface area contributed by atoms with E-state index >= 15 is 0 Å². The highest BCUT2D eigenvalue weighted by atomic mass is 32.2. The number of benzene rings is 1. The predicted molar refractivity (Wildman–Crippen MR) is 73.2 cm³/mol. The standard InChI is InChI=1S/C13H10N2O4S/c14-20(18,19)8-4-5-9-11(7-8)15-6-2-1-3-10(15)12(9)13(16)17/h1-7H,(H,16,17)(H2,14,18,19). The normalized spacial score (nSPS) is 12.1. The summed E-state index contributed by atoms with van der Waals surface area (Å²) < 4.78 is 24.4. The van der Waals surface area contributed by atoms with Crippen molar-refractivity contribution >= 4 is 32.4 Å². The number of sulfonamides is 1. The van der Waals surface area contributed by atoms with Crippen LogP contribution in [0.3, 0.4) is 0 Å². The number of pyridine rings is 1. The Balaban J connectivity index is 2.54. The molecule has 7 heteroatoms. The van der Waals surface area contributed by atoms with Gasteiger partial charge in [-0.15, -0.1) is 0 Å². The van der Waals surface area contributed by atoms with Gasteiger partial charge in [0, 0.05) is 11.6 Å². The lowest BCUT2D eigenvalue weighted by Crippen LogP contribution is -2.11. The van der Waals surface area contributed by atoms with Crippen LogP contribution in [0.5, 0.6) is 0 Å². The molecule has 2 aromatic heterocycles. The first kappa shape index (κ1) is 12.6. The van der Waals surface area contributed by atoms with Gasteiger partial charge in [-0.2, -0.15) is 0 Å². The zero-order chi connectivity index (χ0) is 14.5. The third-order valence-corrected chi connectivity index (χ3v) is 4.07. The van der Waals surface area contributed by atoms with E-state index in [9.17, 15) is 18.3 Å². The van der Waals surface area contributed by atoms with Crippen molar-refractivity contribution in [3.8, 4) is 0 Å². The van der Waals surface area contributed by atoms with Crippen LogP contribution in [0.1, 0.15) is 10.4 Å². The number of rotatable bonds is 2. The Morgan fingerprint density at radius 1 is 1.15 bits per heavy atom. The van der Waals surface area contributed by atoms with Crippen LogP contribution in [-0.4, -0.2) is 23.9 Å². The van der Waals surface area contributed by atoms with Gasteiger partial charge < -0.3 is 9.51 Å². The minimum absolute atomic E-state index is 0.0507. The molecule has 0 amide bonds. The fraction of sp³-hybridized carbons (Fsp3) is 0. The minimum Gasteiger partial charge on any atom is -0.478 e. The van der Waals surface area contributed by atoms with Crippen LogP contribution in [-0.2, 0) is 10.0 Å². The molecule has 0 fully saturated rings. The van der Waals surface area contributed by atoms with Gasteiger partial charge in [0.25, 0.3) is 0 Å². The maximum absolute atomic E-state index is 11.4. The number of hydrogen-bond donors (Lipinski definition) is 2. The first-order chi connectivity index (χ1) is 9.39. The van der Waals surface area contributed by atoms with E-state index in [4.69, 9.17) is 5.14 Å². The summed E-state index contributed by atoms with van der Waals surface area (Å²) in [6.45, 7) is 0. The Hall–Kier alpha value is -2.38. The molecule has 1 aromatic carbocycles. The predicted octanol–water partition coefficient (Wildman–Crippen LogP) is 1.44. The average Bonchev–Trinajstić information content (AvgIpc) is 2.71. The fourth-order valence-corrected chi connectivity index (χ4v) is 2.85. The number of carbonyl (C=O) groups is 1. The highest BCUT2D eigenvalue weighted by Gasteiger charge is 2.19. The second-order valence-electron chi connectivity index (χ2n) is 4.36. The number of aromatic nitrogens is 1. The highest BCUT2D eigenvalue weighted by molar-refractivity contribution is 7.89. The van der Waals surface area contributed by atoms with E-state index in [0.717, 1.165) is 0 Å². The van der Waals surface area contributed by atoms with E-state index in [1.165, 1.54) is 18.2 Å². The van der Waals surface area contributed by atoms with Crippen molar-refractivity contribution in [3.05, 3.63) is 48.2 Å². The minimum atomic E-state index is -3.83. The average molecular weight is 290 g/mol. The zero-order valence-corrected chi connectivity index (χ0v) is 11.0. The molecule has 0 aliphatic carbocycles. The maximum Gasteiger partial charge on any atom is 0.338 e. The fourth-order valence-electron chi connectivity index (χ4n) is 2.32. The second-order valence-corrected chi connectivity index (χ2v) is 5.92. The van der Waals surface area contributed by atoms with Crippen molar-refractivity contribution in [1.29, 1.82) is 0 Å². The van der Waals surface area contributed by atoms with Crippen molar-refractivity contribution in [2.24, 2.45) is 5.14 Å². The Morgan fingerprint density at radius 3 is 2.55 bits per heavy atom. The summed E-state index contributed by atoms with van der Waals surface area (Å²) in [6, 6.07) is 9.28. The van der Waals surface area contributed by atoms with E-state index in [0.29, 0.717) is 16.4 Å². The van der Waals surface area contributed by atoms with Crippen LogP contribution in [0.25, 0.3) is 16.4 Å². The zero-order valence-electron chi connectivity index (χ0n) is 10.1. The molecular weight excluding hydrogens is 280 g/mol. The SMILES string of the molecule is NS(=O)(=O)c1ccc2c(C(=O)O)c3ccccn3c2c1. The topological polar surface area (TPSA) is 102 Å². The number of nitrogens with two attached hydrogens (primary N) is 1. The van der Waals surface area contributed by atoms with Crippen molar-refractivity contribution in [1.82, 2.24) is 4.40 Å². The Morgan fingerprint density at radius 2 is 1.90 bits per heavy atom. The molecular formula is C13H10N2O4S. The van der Waals surface area contributed by atoms with Gasteiger partial charge in [0.1, 0.15) is 0 Å². The summed E-state index contributed by atoms with van der Waals surface area (Å²) in [5, 5.41) is 14.9. The summed E-state index contributed by atoms with van der Waals surface area (Å²) >= 11 is 0. The third-order valence-electron chi connectivity index (χ3n) is 3.16. The number of fused-ring (bicyclic) bond motifs is 3. The van der Waals surface area contributed by atoms with Crippen molar-refractivity contribution in [3.63, 3.8) is 0 Å². The van der Waals surface area contributed by atoms with Gasteiger partial charge >= 0.3 is 5.97 Å². The van der Waals surface area contributed by atoms with Crippen molar-refractivity contribution < 1.29 is 18.3 Å². The van der Waals surface area contributed by atoms with E-state index in [1.54, 1.807) is 28.8 Å². The molecule has 0 aliphatic rings. The van der Waals surface area contributed by atoms with Crippen LogP contribution in [0.2, 0.25) is 0 Å². The highest BCUT2D eigenvalue weighted by Crippen LogP contribution is 2.28. The quantitative estimate of drug-likeness (QED) is 0.745. The molecule has 0 unspecified atom stereocenters. The number of nitrogens with zero attached hydrogens (tertiary/aromatic N) is 1. The molecule has 0 atom stereocenters. The summed E-state index contributed by atoms with van der Waals surface area (Å²) in [7, 11) is -3.83. The van der Waals surface area contributed by atoms with Crippen LogP contribution in [0.4, 0.5) is 0 Å². The van der Waals surface area contributed by atoms with Gasteiger partial charge in [0.15, 0.2) is 0 Å². The van der Waals surface area contributed by atoms with Gasteiger partial charge in [-0.3, -0.25) is 0 Å². The maximum atomic E-state index is 11.4. The number of hydrogen-bond acceptors (Lipinski definition) is 3. The number of carboxylic acids is 1. The molecule has 2 heterocycles.